The predicted octanol–water partition coefficient (Wildman–Crippen LogP) is 4.30. The van der Waals surface area contributed by atoms with E-state index in [9.17, 15) is 23.3 Å². The number of aromatic nitrogens is 2. The highest BCUT2D eigenvalue weighted by Gasteiger charge is 2.27. The highest BCUT2D eigenvalue weighted by molar-refractivity contribution is 7.89. The van der Waals surface area contributed by atoms with Crippen LogP contribution in [0.5, 0.6) is 0 Å². The van der Waals surface area contributed by atoms with Crippen LogP contribution in [0.1, 0.15) is 32.0 Å². The molecule has 0 aliphatic rings. The van der Waals surface area contributed by atoms with Gasteiger partial charge >= 0.3 is 0 Å². The Balaban J connectivity index is 1.88. The van der Waals surface area contributed by atoms with Crippen molar-refractivity contribution in [1.29, 1.82) is 0 Å². The molecule has 3 aromatic rings. The highest BCUT2D eigenvalue weighted by Crippen LogP contribution is 2.29. The molecule has 0 saturated heterocycles. The monoisotopic (exact) mass is 519 g/mol. The molecule has 2 aromatic carbocycles. The summed E-state index contributed by atoms with van der Waals surface area (Å²) in [6.45, 7) is 7.38. The van der Waals surface area contributed by atoms with Crippen LogP contribution in [-0.2, 0) is 20.2 Å². The number of aryl methyl sites for hydroxylation is 1. The number of carbonyl (C=O) groups excluding carboxylic acids is 1. The van der Waals surface area contributed by atoms with Crippen LogP contribution in [0.3, 0.4) is 0 Å². The van der Waals surface area contributed by atoms with Gasteiger partial charge in [-0.1, -0.05) is 50.6 Å². The van der Waals surface area contributed by atoms with Crippen LogP contribution in [-0.4, -0.2) is 46.9 Å². The van der Waals surface area contributed by atoms with Gasteiger partial charge in [0.15, 0.2) is 0 Å². The summed E-state index contributed by atoms with van der Waals surface area (Å²) in [4.78, 5) is 22.9. The van der Waals surface area contributed by atoms with E-state index < -0.39 is 33.1 Å². The fraction of sp³-hybridized carbons (Fsp3) is 0.304. The molecule has 1 N–H and O–H groups in total. The van der Waals surface area contributed by atoms with E-state index in [1.54, 1.807) is 10.7 Å². The predicted molar refractivity (Wildman–Crippen MR) is 134 cm³/mol. The molecule has 3 rings (SSSR count). The zero-order valence-corrected chi connectivity index (χ0v) is 21.5. The molecule has 0 saturated carbocycles. The fourth-order valence-corrected chi connectivity index (χ4v) is 4.60. The van der Waals surface area contributed by atoms with E-state index >= 15 is 0 Å². The largest absolute Gasteiger partial charge is 0.309 e. The number of sulfonamides is 1. The second kappa shape index (κ2) is 9.76. The number of amides is 1. The average molecular weight is 520 g/mol. The molecule has 0 atom stereocenters. The summed E-state index contributed by atoms with van der Waals surface area (Å²) in [7, 11) is -2.98. The van der Waals surface area contributed by atoms with Gasteiger partial charge in [-0.2, -0.15) is 9.40 Å². The Kier molecular flexibility index (Phi) is 7.34. The second-order valence-electron chi connectivity index (χ2n) is 9.04. The van der Waals surface area contributed by atoms with Crippen LogP contribution < -0.4 is 5.32 Å². The molecule has 186 valence electrons. The van der Waals surface area contributed by atoms with Gasteiger partial charge in [0.2, 0.25) is 15.9 Å². The van der Waals surface area contributed by atoms with Gasteiger partial charge in [-0.05, 0) is 30.7 Å². The van der Waals surface area contributed by atoms with Gasteiger partial charge in [0.1, 0.15) is 10.8 Å². The molecule has 12 heteroatoms. The van der Waals surface area contributed by atoms with E-state index in [-0.39, 0.29) is 15.3 Å². The van der Waals surface area contributed by atoms with Crippen molar-refractivity contribution in [1.82, 2.24) is 14.1 Å². The number of halogens is 1. The minimum Gasteiger partial charge on any atom is -0.309 e. The van der Waals surface area contributed by atoms with E-state index in [2.05, 4.69) is 10.4 Å². The summed E-state index contributed by atoms with van der Waals surface area (Å²) in [5.74, 6) is -0.211. The zero-order valence-electron chi connectivity index (χ0n) is 19.9. The van der Waals surface area contributed by atoms with Crippen molar-refractivity contribution in [2.24, 2.45) is 0 Å². The Bertz CT molecular complexity index is 1400. The standard InChI is InChI=1S/C23H26ClN5O5S/c1-15-8-6-7-9-18(15)28-21(13-20(26-28)23(2,3)4)25-22(30)14-27(5)35(33,34)16-10-11-17(24)19(12-16)29(31)32/h6-13H,14H2,1-5H3,(H,25,30). The van der Waals surface area contributed by atoms with E-state index in [1.807, 2.05) is 52.0 Å². The molecular weight excluding hydrogens is 494 g/mol. The lowest BCUT2D eigenvalue weighted by atomic mass is 9.92. The van der Waals surface area contributed by atoms with Gasteiger partial charge < -0.3 is 5.32 Å². The third-order valence-electron chi connectivity index (χ3n) is 5.28. The van der Waals surface area contributed by atoms with Gasteiger partial charge in [-0.3, -0.25) is 14.9 Å². The Morgan fingerprint density at radius 3 is 2.46 bits per heavy atom. The van der Waals surface area contributed by atoms with Crippen LogP contribution in [0.15, 0.2) is 53.4 Å². The molecule has 10 nitrogen and oxygen atoms in total. The lowest BCUT2D eigenvalue weighted by Gasteiger charge is -2.17. The number of hydrogen-bond donors (Lipinski definition) is 1. The van der Waals surface area contributed by atoms with Crippen LogP contribution in [0.2, 0.25) is 5.02 Å². The first-order chi connectivity index (χ1) is 16.2. The summed E-state index contributed by atoms with van der Waals surface area (Å²) in [6, 6.07) is 12.5. The normalized spacial score (nSPS) is 12.1. The topological polar surface area (TPSA) is 127 Å². The minimum absolute atomic E-state index is 0.187. The first-order valence-electron chi connectivity index (χ1n) is 10.6. The van der Waals surface area contributed by atoms with Crippen molar-refractivity contribution in [3.63, 3.8) is 0 Å². The molecule has 0 fully saturated rings. The molecule has 35 heavy (non-hydrogen) atoms. The second-order valence-corrected chi connectivity index (χ2v) is 11.5. The molecule has 0 bridgehead atoms. The lowest BCUT2D eigenvalue weighted by Crippen LogP contribution is -2.35. The summed E-state index contributed by atoms with van der Waals surface area (Å²) in [5.41, 5.74) is 1.62. The van der Waals surface area contributed by atoms with Gasteiger partial charge in [-0.25, -0.2) is 13.1 Å². The third kappa shape index (κ3) is 5.69. The van der Waals surface area contributed by atoms with E-state index in [0.29, 0.717) is 5.82 Å². The van der Waals surface area contributed by atoms with Crippen molar-refractivity contribution < 1.29 is 18.1 Å². The van der Waals surface area contributed by atoms with E-state index in [4.69, 9.17) is 11.6 Å². The first kappa shape index (κ1) is 26.3. The number of nitrogens with zero attached hydrogens (tertiary/aromatic N) is 4. The van der Waals surface area contributed by atoms with E-state index in [0.717, 1.165) is 39.4 Å². The molecule has 1 amide bonds. The molecular formula is C23H26ClN5O5S. The van der Waals surface area contributed by atoms with Crippen LogP contribution >= 0.6 is 11.6 Å². The van der Waals surface area contributed by atoms with Crippen molar-refractivity contribution in [3.8, 4) is 5.69 Å². The maximum absolute atomic E-state index is 12.9. The molecule has 0 unspecified atom stereocenters. The Labute approximate surface area is 208 Å². The number of carbonyl (C=O) groups is 1. The molecule has 0 spiro atoms. The molecule has 1 aromatic heterocycles. The van der Waals surface area contributed by atoms with Gasteiger partial charge in [0, 0.05) is 24.6 Å². The Morgan fingerprint density at radius 2 is 1.86 bits per heavy atom. The quantitative estimate of drug-likeness (QED) is 0.366. The summed E-state index contributed by atoms with van der Waals surface area (Å²) >= 11 is 5.78. The lowest BCUT2D eigenvalue weighted by molar-refractivity contribution is -0.384. The van der Waals surface area contributed by atoms with Gasteiger partial charge in [0.25, 0.3) is 5.69 Å². The highest BCUT2D eigenvalue weighted by atomic mass is 35.5. The molecule has 0 aliphatic carbocycles. The number of nitro benzene ring substituents is 1. The van der Waals surface area contributed by atoms with Gasteiger partial charge in [0.05, 0.1) is 27.7 Å². The summed E-state index contributed by atoms with van der Waals surface area (Å²) in [6.07, 6.45) is 0. The average Bonchev–Trinajstić information content (AvgIpc) is 3.17. The number of likely N-dealkylation sites (N-methyl/N-ethyl adjacent to an activating group) is 1. The number of rotatable bonds is 7. The van der Waals surface area contributed by atoms with Crippen molar-refractivity contribution >= 4 is 39.0 Å². The number of nitro groups is 1. The summed E-state index contributed by atoms with van der Waals surface area (Å²) in [5, 5.41) is 18.4. The van der Waals surface area contributed by atoms with Crippen LogP contribution in [0.25, 0.3) is 5.69 Å². The maximum Gasteiger partial charge on any atom is 0.289 e. The van der Waals surface area contributed by atoms with Crippen LogP contribution in [0, 0.1) is 17.0 Å². The van der Waals surface area contributed by atoms with Gasteiger partial charge in [-0.15, -0.1) is 0 Å². The third-order valence-corrected chi connectivity index (χ3v) is 7.40. The minimum atomic E-state index is -4.20. The Hall–Kier alpha value is -3.28. The van der Waals surface area contributed by atoms with Crippen LogP contribution in [0.4, 0.5) is 11.5 Å². The first-order valence-corrected chi connectivity index (χ1v) is 12.4. The molecule has 0 radical (unpaired) electrons. The Morgan fingerprint density at radius 1 is 1.20 bits per heavy atom. The number of para-hydroxylation sites is 1. The van der Waals surface area contributed by atoms with Crippen molar-refractivity contribution in [2.45, 2.75) is 38.0 Å². The smallest absolute Gasteiger partial charge is 0.289 e. The van der Waals surface area contributed by atoms with Crippen molar-refractivity contribution in [3.05, 3.63) is 74.9 Å². The maximum atomic E-state index is 12.9. The number of nitrogens with one attached hydrogen (secondary N) is 1. The fourth-order valence-electron chi connectivity index (χ4n) is 3.26. The SMILES string of the molecule is Cc1ccccc1-n1nc(C(C)(C)C)cc1NC(=O)CN(C)S(=O)(=O)c1ccc(Cl)c([N+](=O)[O-])c1. The molecule has 0 aliphatic heterocycles. The summed E-state index contributed by atoms with van der Waals surface area (Å²) < 4.78 is 28.3. The van der Waals surface area contributed by atoms with Crippen molar-refractivity contribution in [2.75, 3.05) is 18.9 Å². The molecule has 1 heterocycles. The van der Waals surface area contributed by atoms with E-state index in [1.165, 1.54) is 7.05 Å². The zero-order chi connectivity index (χ0) is 26.1. The number of hydrogen-bond acceptors (Lipinski definition) is 6. The number of anilines is 1. The number of benzene rings is 2.